The molecule has 66 valence electrons. The lowest BCUT2D eigenvalue weighted by Gasteiger charge is -2.02. The molecule has 0 aliphatic heterocycles. The number of nitrogens with zero attached hydrogens (tertiary/aromatic N) is 1. The first-order chi connectivity index (χ1) is 5.70. The van der Waals surface area contributed by atoms with E-state index in [1.807, 2.05) is 0 Å². The molecule has 0 heterocycles. The fourth-order valence-electron chi connectivity index (χ4n) is 0.618. The van der Waals surface area contributed by atoms with Gasteiger partial charge in [-0.15, -0.1) is 0 Å². The molecule has 0 fully saturated rings. The summed E-state index contributed by atoms with van der Waals surface area (Å²) in [5.74, 6) is -0.362. The van der Waals surface area contributed by atoms with Gasteiger partial charge in [0.2, 0.25) is 0 Å². The van der Waals surface area contributed by atoms with Gasteiger partial charge in [-0.3, -0.25) is 4.79 Å². The number of carbonyl (C=O) groups excluding carboxylic acids is 1. The van der Waals surface area contributed by atoms with Crippen LogP contribution in [-0.2, 0) is 9.53 Å². The third kappa shape index (κ3) is 5.45. The number of esters is 1. The monoisotopic (exact) mass is 169 g/mol. The van der Waals surface area contributed by atoms with Gasteiger partial charge in [0.1, 0.15) is 0 Å². The van der Waals surface area contributed by atoms with Crippen LogP contribution in [0.4, 0.5) is 0 Å². The molecule has 0 aromatic carbocycles. The van der Waals surface area contributed by atoms with Crippen LogP contribution in [0.1, 0.15) is 12.8 Å². The van der Waals surface area contributed by atoms with E-state index in [-0.39, 0.29) is 18.8 Å². The highest BCUT2D eigenvalue weighted by molar-refractivity contribution is 5.69. The van der Waals surface area contributed by atoms with E-state index in [4.69, 9.17) is 10.4 Å². The van der Waals surface area contributed by atoms with Crippen molar-refractivity contribution in [2.24, 2.45) is 0 Å². The van der Waals surface area contributed by atoms with E-state index in [1.54, 1.807) is 6.07 Å². The van der Waals surface area contributed by atoms with Gasteiger partial charge in [-0.2, -0.15) is 5.26 Å². The van der Waals surface area contributed by atoms with E-state index in [0.717, 1.165) is 0 Å². The van der Waals surface area contributed by atoms with Crippen molar-refractivity contribution in [2.45, 2.75) is 18.9 Å². The van der Waals surface area contributed by atoms with Gasteiger partial charge in [-0.1, -0.05) is 0 Å². The summed E-state index contributed by atoms with van der Waals surface area (Å²) in [5, 5.41) is 17.2. The highest BCUT2D eigenvalue weighted by Gasteiger charge is 2.04. The van der Waals surface area contributed by atoms with Gasteiger partial charge in [0.05, 0.1) is 19.3 Å². The number of aliphatic hydroxyl groups excluding tert-OH is 1. The number of nitriles is 1. The van der Waals surface area contributed by atoms with Crippen LogP contribution in [0.3, 0.4) is 0 Å². The summed E-state index contributed by atoms with van der Waals surface area (Å²) in [5.41, 5.74) is 0. The zero-order valence-corrected chi connectivity index (χ0v) is 6.86. The molecule has 0 spiro atoms. The molecule has 0 rings (SSSR count). The van der Waals surface area contributed by atoms with E-state index in [1.165, 1.54) is 19.3 Å². The standard InChI is InChI=1S/C8H11NO3/c1-12-8(11)5-4-7(10)3-2-6-9/h2-3,7,10H,4-5H2,1H3/b3-2+. The van der Waals surface area contributed by atoms with Crippen LogP contribution in [0.15, 0.2) is 12.2 Å². The molecule has 0 aromatic heterocycles. The highest BCUT2D eigenvalue weighted by atomic mass is 16.5. The molecule has 12 heavy (non-hydrogen) atoms. The zero-order valence-electron chi connectivity index (χ0n) is 6.86. The second kappa shape index (κ2) is 6.38. The summed E-state index contributed by atoms with van der Waals surface area (Å²) in [6, 6.07) is 1.74. The third-order valence-corrected chi connectivity index (χ3v) is 1.26. The van der Waals surface area contributed by atoms with Crippen LogP contribution in [0.2, 0.25) is 0 Å². The van der Waals surface area contributed by atoms with Crippen molar-refractivity contribution < 1.29 is 14.6 Å². The molecule has 0 saturated heterocycles. The number of hydrogen-bond donors (Lipinski definition) is 1. The minimum atomic E-state index is -0.747. The minimum absolute atomic E-state index is 0.160. The van der Waals surface area contributed by atoms with Crippen molar-refractivity contribution in [3.8, 4) is 6.07 Å². The number of rotatable bonds is 4. The van der Waals surface area contributed by atoms with Crippen LogP contribution in [0, 0.1) is 11.3 Å². The lowest BCUT2D eigenvalue weighted by atomic mass is 10.2. The Kier molecular flexibility index (Phi) is 5.66. The van der Waals surface area contributed by atoms with Gasteiger partial charge < -0.3 is 9.84 Å². The number of aliphatic hydroxyl groups is 1. The van der Waals surface area contributed by atoms with Crippen LogP contribution in [0.5, 0.6) is 0 Å². The number of allylic oxidation sites excluding steroid dienone is 1. The second-order valence-corrected chi connectivity index (χ2v) is 2.17. The van der Waals surface area contributed by atoms with Gasteiger partial charge in [0.25, 0.3) is 0 Å². The van der Waals surface area contributed by atoms with Gasteiger partial charge >= 0.3 is 5.97 Å². The van der Waals surface area contributed by atoms with Crippen LogP contribution in [-0.4, -0.2) is 24.3 Å². The lowest BCUT2D eigenvalue weighted by Crippen LogP contribution is -2.07. The zero-order chi connectivity index (χ0) is 9.40. The predicted molar refractivity (Wildman–Crippen MR) is 42.0 cm³/mol. The Morgan fingerprint density at radius 2 is 2.50 bits per heavy atom. The average molecular weight is 169 g/mol. The lowest BCUT2D eigenvalue weighted by molar-refractivity contribution is -0.141. The van der Waals surface area contributed by atoms with Gasteiger partial charge in [0.15, 0.2) is 0 Å². The normalized spacial score (nSPS) is 12.4. The van der Waals surface area contributed by atoms with Gasteiger partial charge in [-0.25, -0.2) is 0 Å². The van der Waals surface area contributed by atoms with E-state index < -0.39 is 6.10 Å². The molecule has 0 aliphatic carbocycles. The van der Waals surface area contributed by atoms with Gasteiger partial charge in [0, 0.05) is 12.5 Å². The van der Waals surface area contributed by atoms with Crippen molar-refractivity contribution in [3.63, 3.8) is 0 Å². The average Bonchev–Trinajstić information content (AvgIpc) is 2.10. The molecule has 0 aliphatic rings. The van der Waals surface area contributed by atoms with Crippen LogP contribution >= 0.6 is 0 Å². The minimum Gasteiger partial charge on any atom is -0.469 e. The van der Waals surface area contributed by atoms with E-state index >= 15 is 0 Å². The summed E-state index contributed by atoms with van der Waals surface area (Å²) >= 11 is 0. The molecular formula is C8H11NO3. The Bertz CT molecular complexity index is 205. The maximum Gasteiger partial charge on any atom is 0.305 e. The van der Waals surface area contributed by atoms with Crippen molar-refractivity contribution in [1.29, 1.82) is 5.26 Å². The fourth-order valence-corrected chi connectivity index (χ4v) is 0.618. The number of methoxy groups -OCH3 is 1. The molecule has 0 bridgehead atoms. The maximum atomic E-state index is 10.6. The van der Waals surface area contributed by atoms with E-state index in [0.29, 0.717) is 0 Å². The predicted octanol–water partition coefficient (Wildman–Crippen LogP) is 0.380. The summed E-state index contributed by atoms with van der Waals surface area (Å²) < 4.78 is 4.37. The number of carbonyl (C=O) groups is 1. The molecular weight excluding hydrogens is 158 g/mol. The highest BCUT2D eigenvalue weighted by Crippen LogP contribution is 1.99. The Labute approximate surface area is 71.1 Å². The van der Waals surface area contributed by atoms with E-state index in [2.05, 4.69) is 4.74 Å². The molecule has 1 unspecified atom stereocenters. The first kappa shape index (κ1) is 10.7. The van der Waals surface area contributed by atoms with Gasteiger partial charge in [-0.05, 0) is 12.5 Å². The topological polar surface area (TPSA) is 70.3 Å². The molecule has 4 nitrogen and oxygen atoms in total. The van der Waals surface area contributed by atoms with Crippen molar-refractivity contribution in [1.82, 2.24) is 0 Å². The molecule has 1 N–H and O–H groups in total. The molecule has 1 atom stereocenters. The fraction of sp³-hybridized carbons (Fsp3) is 0.500. The Morgan fingerprint density at radius 1 is 1.83 bits per heavy atom. The third-order valence-electron chi connectivity index (χ3n) is 1.26. The number of ether oxygens (including phenoxy) is 1. The SMILES string of the molecule is COC(=O)CCC(O)/C=C/C#N. The second-order valence-electron chi connectivity index (χ2n) is 2.17. The van der Waals surface area contributed by atoms with Crippen molar-refractivity contribution in [3.05, 3.63) is 12.2 Å². The first-order valence-electron chi connectivity index (χ1n) is 3.52. The largest absolute Gasteiger partial charge is 0.469 e. The Morgan fingerprint density at radius 3 is 3.00 bits per heavy atom. The Balaban J connectivity index is 3.58. The van der Waals surface area contributed by atoms with Crippen molar-refractivity contribution >= 4 is 5.97 Å². The summed E-state index contributed by atoms with van der Waals surface area (Å²) in [6.07, 6.45) is 2.21. The van der Waals surface area contributed by atoms with Crippen LogP contribution in [0.25, 0.3) is 0 Å². The molecule has 0 saturated carbocycles. The Hall–Kier alpha value is -1.34. The van der Waals surface area contributed by atoms with Crippen molar-refractivity contribution in [2.75, 3.05) is 7.11 Å². The summed E-state index contributed by atoms with van der Waals surface area (Å²) in [6.45, 7) is 0. The smallest absolute Gasteiger partial charge is 0.305 e. The van der Waals surface area contributed by atoms with Crippen LogP contribution < -0.4 is 0 Å². The molecule has 0 radical (unpaired) electrons. The first-order valence-corrected chi connectivity index (χ1v) is 3.52. The summed E-state index contributed by atoms with van der Waals surface area (Å²) in [4.78, 5) is 10.6. The molecule has 0 aromatic rings. The van der Waals surface area contributed by atoms with E-state index in [9.17, 15) is 4.79 Å². The molecule has 0 amide bonds. The summed E-state index contributed by atoms with van der Waals surface area (Å²) in [7, 11) is 1.29. The number of hydrogen-bond acceptors (Lipinski definition) is 4. The quantitative estimate of drug-likeness (QED) is 0.488. The maximum absolute atomic E-state index is 10.6. The molecule has 4 heteroatoms.